The van der Waals surface area contributed by atoms with E-state index in [1.54, 1.807) is 30.3 Å². The van der Waals surface area contributed by atoms with E-state index in [2.05, 4.69) is 22.2 Å². The number of aromatic nitrogens is 3. The van der Waals surface area contributed by atoms with Crippen LogP contribution in [0, 0.1) is 0 Å². The van der Waals surface area contributed by atoms with Crippen molar-refractivity contribution in [1.82, 2.24) is 19.9 Å². The van der Waals surface area contributed by atoms with Crippen LogP contribution in [0.5, 0.6) is 0 Å². The molecule has 1 atom stereocenters. The molecular weight excluding hydrogens is 441 g/mol. The maximum atomic E-state index is 13.4. The van der Waals surface area contributed by atoms with Gasteiger partial charge in [-0.05, 0) is 43.3 Å². The molecule has 0 bridgehead atoms. The predicted octanol–water partition coefficient (Wildman–Crippen LogP) is 4.55. The topological polar surface area (TPSA) is 72.2 Å². The quantitative estimate of drug-likeness (QED) is 0.491. The van der Waals surface area contributed by atoms with Crippen LogP contribution in [-0.4, -0.2) is 33.0 Å². The van der Waals surface area contributed by atoms with Gasteiger partial charge in [0.15, 0.2) is 5.82 Å². The van der Waals surface area contributed by atoms with E-state index in [1.807, 2.05) is 11.4 Å². The van der Waals surface area contributed by atoms with E-state index in [0.29, 0.717) is 38.6 Å². The highest BCUT2D eigenvalue weighted by molar-refractivity contribution is 7.13. The Morgan fingerprint density at radius 1 is 1.17 bits per heavy atom. The first-order chi connectivity index (χ1) is 14.5. The van der Waals surface area contributed by atoms with Crippen LogP contribution in [0.15, 0.2) is 57.8 Å². The molecule has 3 aromatic heterocycles. The molecule has 5 rings (SSSR count). The Morgan fingerprint density at radius 2 is 2.00 bits per heavy atom. The Balaban J connectivity index is 1.74. The van der Waals surface area contributed by atoms with E-state index in [1.165, 1.54) is 22.1 Å². The number of fused-ring (bicyclic) bond motifs is 1. The minimum absolute atomic E-state index is 0.243. The summed E-state index contributed by atoms with van der Waals surface area (Å²) in [5, 5.41) is 6.76. The number of rotatable bonds is 3. The minimum atomic E-state index is -0.243. The minimum Gasteiger partial charge on any atom is -0.366 e. The van der Waals surface area contributed by atoms with Crippen molar-refractivity contribution in [3.8, 4) is 16.5 Å². The molecule has 1 aliphatic rings. The van der Waals surface area contributed by atoms with Gasteiger partial charge in [0, 0.05) is 28.2 Å². The average molecular weight is 456 g/mol. The molecule has 1 unspecified atom stereocenters. The molecule has 150 valence electrons. The number of amidine groups is 1. The highest BCUT2D eigenvalue weighted by Gasteiger charge is 2.20. The lowest BCUT2D eigenvalue weighted by Gasteiger charge is -2.12. The zero-order chi connectivity index (χ0) is 20.8. The van der Waals surface area contributed by atoms with Crippen LogP contribution in [0.3, 0.4) is 0 Å². The summed E-state index contributed by atoms with van der Waals surface area (Å²) in [7, 11) is 0. The first-order valence-corrected chi connectivity index (χ1v) is 10.9. The van der Waals surface area contributed by atoms with Crippen molar-refractivity contribution >= 4 is 51.3 Å². The number of hydrogen-bond donors (Lipinski definition) is 1. The zero-order valence-electron chi connectivity index (χ0n) is 15.8. The maximum Gasteiger partial charge on any atom is 0.267 e. The number of nitrogens with one attached hydrogen (secondary N) is 1. The van der Waals surface area contributed by atoms with Gasteiger partial charge in [0.2, 0.25) is 0 Å². The van der Waals surface area contributed by atoms with Crippen LogP contribution in [0.25, 0.3) is 27.4 Å². The molecule has 4 heterocycles. The number of aliphatic imine (C=N–C) groups is 1. The molecule has 1 aromatic carbocycles. The summed E-state index contributed by atoms with van der Waals surface area (Å²) in [6, 6.07) is 10.8. The lowest BCUT2D eigenvalue weighted by atomic mass is 10.2. The molecule has 0 aliphatic carbocycles. The number of hydrogen-bond acceptors (Lipinski definition) is 6. The van der Waals surface area contributed by atoms with Crippen molar-refractivity contribution in [2.24, 2.45) is 4.99 Å². The molecule has 30 heavy (non-hydrogen) atoms. The van der Waals surface area contributed by atoms with Gasteiger partial charge < -0.3 is 5.32 Å². The van der Waals surface area contributed by atoms with E-state index in [0.717, 1.165) is 22.8 Å². The number of nitrogens with zero attached hydrogens (tertiary/aromatic N) is 4. The van der Waals surface area contributed by atoms with Gasteiger partial charge in [0.1, 0.15) is 11.7 Å². The predicted molar refractivity (Wildman–Crippen MR) is 122 cm³/mol. The van der Waals surface area contributed by atoms with Gasteiger partial charge in [-0.1, -0.05) is 23.2 Å². The number of halogens is 2. The summed E-state index contributed by atoms with van der Waals surface area (Å²) in [5.74, 6) is 1.80. The van der Waals surface area contributed by atoms with Gasteiger partial charge in [0.25, 0.3) is 5.56 Å². The molecule has 0 amide bonds. The number of pyridine rings is 1. The second kappa shape index (κ2) is 7.50. The lowest BCUT2D eigenvalue weighted by molar-refractivity contribution is 0.726. The van der Waals surface area contributed by atoms with Crippen LogP contribution in [0.4, 0.5) is 0 Å². The van der Waals surface area contributed by atoms with E-state index in [-0.39, 0.29) is 5.56 Å². The van der Waals surface area contributed by atoms with Crippen LogP contribution >= 0.6 is 34.5 Å². The highest BCUT2D eigenvalue weighted by Crippen LogP contribution is 2.29. The molecule has 0 fully saturated rings. The van der Waals surface area contributed by atoms with Gasteiger partial charge in [-0.3, -0.25) is 9.79 Å². The van der Waals surface area contributed by atoms with Crippen LogP contribution < -0.4 is 10.9 Å². The first-order valence-electron chi connectivity index (χ1n) is 9.24. The summed E-state index contributed by atoms with van der Waals surface area (Å²) in [6.45, 7) is 2.83. The molecule has 0 radical (unpaired) electrons. The van der Waals surface area contributed by atoms with Crippen molar-refractivity contribution in [2.45, 2.75) is 13.0 Å². The summed E-state index contributed by atoms with van der Waals surface area (Å²) in [4.78, 5) is 27.9. The molecule has 0 saturated heterocycles. The summed E-state index contributed by atoms with van der Waals surface area (Å²) < 4.78 is 1.50. The van der Waals surface area contributed by atoms with Gasteiger partial charge >= 0.3 is 0 Å². The largest absolute Gasteiger partial charge is 0.366 e. The Labute approximate surface area is 185 Å². The molecular formula is C21H15Cl2N5OS. The zero-order valence-corrected chi connectivity index (χ0v) is 18.1. The molecule has 6 nitrogen and oxygen atoms in total. The van der Waals surface area contributed by atoms with E-state index in [4.69, 9.17) is 28.2 Å². The molecule has 0 spiro atoms. The first kappa shape index (κ1) is 19.2. The monoisotopic (exact) mass is 455 g/mol. The van der Waals surface area contributed by atoms with Crippen molar-refractivity contribution in [2.75, 3.05) is 6.54 Å². The third-order valence-electron chi connectivity index (χ3n) is 4.77. The highest BCUT2D eigenvalue weighted by atomic mass is 35.5. The fourth-order valence-electron chi connectivity index (χ4n) is 3.34. The lowest BCUT2D eigenvalue weighted by Crippen LogP contribution is -2.27. The SMILES string of the molecule is CC1CN=C(c2csc(-c3nc4ccc(Cl)cc4c(=O)n3-c3ccc(Cl)cn3)c2)N1. The average Bonchev–Trinajstić information content (AvgIpc) is 3.38. The normalized spacial score (nSPS) is 16.0. The fraction of sp³-hybridized carbons (Fsp3) is 0.143. The molecule has 0 saturated carbocycles. The van der Waals surface area contributed by atoms with E-state index >= 15 is 0 Å². The second-order valence-electron chi connectivity index (χ2n) is 7.01. The Hall–Kier alpha value is -2.74. The second-order valence-corrected chi connectivity index (χ2v) is 8.79. The smallest absolute Gasteiger partial charge is 0.267 e. The Kier molecular flexibility index (Phi) is 4.81. The third kappa shape index (κ3) is 3.39. The molecule has 1 aliphatic heterocycles. The van der Waals surface area contributed by atoms with E-state index in [9.17, 15) is 4.79 Å². The van der Waals surface area contributed by atoms with Crippen molar-refractivity contribution < 1.29 is 0 Å². The van der Waals surface area contributed by atoms with Gasteiger partial charge in [0.05, 0.1) is 27.3 Å². The van der Waals surface area contributed by atoms with Crippen LogP contribution in [-0.2, 0) is 0 Å². The standard InChI is InChI=1S/C21H15Cl2N5OS/c1-11-8-25-19(26-11)12-6-17(30-10-12)20-27-16-4-2-13(22)7-15(16)21(29)28(20)18-5-3-14(23)9-24-18/h2-7,9-11H,8H2,1H3,(H,25,26). The van der Waals surface area contributed by atoms with Crippen molar-refractivity contribution in [3.05, 3.63) is 73.9 Å². The number of thiophene rings is 1. The molecule has 4 aromatic rings. The van der Waals surface area contributed by atoms with Gasteiger partial charge in [-0.2, -0.15) is 0 Å². The summed E-state index contributed by atoms with van der Waals surface area (Å²) in [5.41, 5.74) is 1.30. The van der Waals surface area contributed by atoms with Gasteiger partial charge in [-0.15, -0.1) is 11.3 Å². The van der Waals surface area contributed by atoms with Gasteiger partial charge in [-0.25, -0.2) is 14.5 Å². The Bertz CT molecular complexity index is 1360. The van der Waals surface area contributed by atoms with E-state index < -0.39 is 0 Å². The molecule has 9 heteroatoms. The molecule has 1 N–H and O–H groups in total. The third-order valence-corrected chi connectivity index (χ3v) is 6.16. The summed E-state index contributed by atoms with van der Waals surface area (Å²) in [6.07, 6.45) is 1.51. The van der Waals surface area contributed by atoms with Crippen molar-refractivity contribution in [3.63, 3.8) is 0 Å². The number of benzene rings is 1. The summed E-state index contributed by atoms with van der Waals surface area (Å²) >= 11 is 13.6. The van der Waals surface area contributed by atoms with Crippen LogP contribution in [0.2, 0.25) is 10.0 Å². The van der Waals surface area contributed by atoms with Crippen LogP contribution in [0.1, 0.15) is 12.5 Å². The maximum absolute atomic E-state index is 13.4. The van der Waals surface area contributed by atoms with Crippen molar-refractivity contribution in [1.29, 1.82) is 0 Å². The fourth-order valence-corrected chi connectivity index (χ4v) is 4.50. The Morgan fingerprint density at radius 3 is 2.73 bits per heavy atom.